The van der Waals surface area contributed by atoms with Crippen LogP contribution in [-0.4, -0.2) is 0 Å². The van der Waals surface area contributed by atoms with E-state index in [1.807, 2.05) is 0 Å². The summed E-state index contributed by atoms with van der Waals surface area (Å²) < 4.78 is 0. The lowest BCUT2D eigenvalue weighted by Gasteiger charge is -2.35. The van der Waals surface area contributed by atoms with Crippen LogP contribution in [0.25, 0.3) is 0 Å². The van der Waals surface area contributed by atoms with Crippen LogP contribution in [0, 0.1) is 0 Å². The molecule has 0 amide bonds. The summed E-state index contributed by atoms with van der Waals surface area (Å²) in [4.78, 5) is 4.75. The molecule has 0 heterocycles. The molecule has 53 heavy (non-hydrogen) atoms. The highest BCUT2D eigenvalue weighted by molar-refractivity contribution is 6.36. The Morgan fingerprint density at radius 3 is 0.755 bits per heavy atom. The van der Waals surface area contributed by atoms with E-state index in [9.17, 15) is 0 Å². The van der Waals surface area contributed by atoms with E-state index in [1.165, 1.54) is 27.8 Å². The van der Waals surface area contributed by atoms with Gasteiger partial charge in [-0.1, -0.05) is 164 Å². The Hall–Kier alpha value is -4.01. The molecular formula is C50H63ClN2. The van der Waals surface area contributed by atoms with Crippen molar-refractivity contribution in [2.24, 2.45) is 0 Å². The van der Waals surface area contributed by atoms with Crippen molar-refractivity contribution >= 4 is 45.7 Å². The molecule has 0 unspecified atom stereocenters. The third-order valence-corrected chi connectivity index (χ3v) is 10.7. The van der Waals surface area contributed by atoms with Gasteiger partial charge in [0.15, 0.2) is 0 Å². The third-order valence-electron chi connectivity index (χ3n) is 10.3. The average molecular weight is 728 g/mol. The monoisotopic (exact) mass is 726 g/mol. The molecule has 0 bridgehead atoms. The van der Waals surface area contributed by atoms with Crippen LogP contribution in [0.3, 0.4) is 0 Å². The van der Waals surface area contributed by atoms with Crippen LogP contribution in [-0.2, 0) is 27.1 Å². The first-order chi connectivity index (χ1) is 24.4. The van der Waals surface area contributed by atoms with Gasteiger partial charge in [-0.25, -0.2) is 0 Å². The summed E-state index contributed by atoms with van der Waals surface area (Å²) >= 11 is 7.96. The second kappa shape index (κ2) is 14.3. The van der Waals surface area contributed by atoms with Gasteiger partial charge in [0.25, 0.3) is 0 Å². The first-order valence-electron chi connectivity index (χ1n) is 19.2. The summed E-state index contributed by atoms with van der Waals surface area (Å²) in [5.41, 5.74) is 12.3. The normalized spacial score (nSPS) is 12.9. The lowest BCUT2D eigenvalue weighted by atomic mass is 9.85. The lowest BCUT2D eigenvalue weighted by Crippen LogP contribution is -2.20. The fourth-order valence-corrected chi connectivity index (χ4v) is 6.93. The molecule has 3 heteroatoms. The number of rotatable bonds is 6. The van der Waals surface area contributed by atoms with E-state index in [1.54, 1.807) is 0 Å². The zero-order chi connectivity index (χ0) is 39.3. The summed E-state index contributed by atoms with van der Waals surface area (Å²) in [6, 6.07) is 40.5. The molecule has 5 rings (SSSR count). The van der Waals surface area contributed by atoms with Crippen LogP contribution in [0.1, 0.15) is 132 Å². The molecule has 0 saturated heterocycles. The molecule has 280 valence electrons. The summed E-state index contributed by atoms with van der Waals surface area (Å²) in [6.45, 7) is 34.2. The Bertz CT molecular complexity index is 1810. The molecule has 0 aliphatic rings. The zero-order valence-electron chi connectivity index (χ0n) is 35.2. The lowest BCUT2D eigenvalue weighted by molar-refractivity contribution is 0.589. The maximum atomic E-state index is 7.96. The van der Waals surface area contributed by atoms with E-state index in [0.717, 1.165) is 34.1 Å². The van der Waals surface area contributed by atoms with Gasteiger partial charge < -0.3 is 9.80 Å². The highest BCUT2D eigenvalue weighted by Gasteiger charge is 2.29. The van der Waals surface area contributed by atoms with Crippen LogP contribution in [0.4, 0.5) is 34.1 Å². The quantitative estimate of drug-likeness (QED) is 0.172. The standard InChI is InChI=1S/C50H63ClN2/c1-46(2,3)34-20-16-24-39(28-34)52(40-25-17-21-35(29-40)47(4,5)6)43-32-38(50(13,14)15)33-44(45(43)51)53(41-26-18-22-36(30-41)48(7,8)9)42-27-19-23-37(31-42)49(10,11)12/h16-33H,1-15H3. The minimum atomic E-state index is -0.160. The number of hydrogen-bond acceptors (Lipinski definition) is 2. The van der Waals surface area contributed by atoms with Gasteiger partial charge >= 0.3 is 0 Å². The molecule has 0 spiro atoms. The van der Waals surface area contributed by atoms with Crippen molar-refractivity contribution in [3.63, 3.8) is 0 Å². The molecule has 0 aromatic heterocycles. The minimum absolute atomic E-state index is 0.0237. The van der Waals surface area contributed by atoms with Gasteiger partial charge in [-0.05, 0) is 116 Å². The molecule has 5 aromatic carbocycles. The molecular weight excluding hydrogens is 664 g/mol. The van der Waals surface area contributed by atoms with Crippen LogP contribution >= 0.6 is 11.6 Å². The molecule has 0 atom stereocenters. The molecule has 0 N–H and O–H groups in total. The predicted octanol–water partition coefficient (Wildman–Crippen LogP) is 15.8. The van der Waals surface area contributed by atoms with Gasteiger partial charge in [-0.3, -0.25) is 0 Å². The Kier molecular flexibility index (Phi) is 10.9. The first-order valence-corrected chi connectivity index (χ1v) is 19.6. The number of nitrogens with zero attached hydrogens (tertiary/aromatic N) is 2. The zero-order valence-corrected chi connectivity index (χ0v) is 35.9. The van der Waals surface area contributed by atoms with Crippen molar-refractivity contribution < 1.29 is 0 Å². The molecule has 0 saturated carbocycles. The molecule has 0 radical (unpaired) electrons. The van der Waals surface area contributed by atoms with Crippen molar-refractivity contribution in [1.29, 1.82) is 0 Å². The van der Waals surface area contributed by atoms with Crippen LogP contribution in [0.5, 0.6) is 0 Å². The molecule has 0 fully saturated rings. The summed E-state index contributed by atoms with van der Waals surface area (Å²) in [5.74, 6) is 0. The Balaban J connectivity index is 1.92. The van der Waals surface area contributed by atoms with Crippen LogP contribution < -0.4 is 9.80 Å². The Labute approximate surface area is 327 Å². The van der Waals surface area contributed by atoms with E-state index < -0.39 is 0 Å². The van der Waals surface area contributed by atoms with Crippen LogP contribution in [0.2, 0.25) is 5.02 Å². The summed E-state index contributed by atoms with van der Waals surface area (Å²) in [6.07, 6.45) is 0. The van der Waals surface area contributed by atoms with Gasteiger partial charge in [0.2, 0.25) is 0 Å². The highest BCUT2D eigenvalue weighted by atomic mass is 35.5. The second-order valence-corrected chi connectivity index (χ2v) is 20.3. The fourth-order valence-electron chi connectivity index (χ4n) is 6.65. The Morgan fingerprint density at radius 2 is 0.547 bits per heavy atom. The van der Waals surface area contributed by atoms with Gasteiger partial charge in [-0.2, -0.15) is 0 Å². The van der Waals surface area contributed by atoms with Crippen molar-refractivity contribution in [1.82, 2.24) is 0 Å². The summed E-state index contributed by atoms with van der Waals surface area (Å²) in [5, 5.41) is 0.697. The van der Waals surface area contributed by atoms with Crippen molar-refractivity contribution in [2.75, 3.05) is 9.80 Å². The summed E-state index contributed by atoms with van der Waals surface area (Å²) in [7, 11) is 0. The van der Waals surface area contributed by atoms with Gasteiger partial charge in [0.1, 0.15) is 0 Å². The maximum absolute atomic E-state index is 7.96. The predicted molar refractivity (Wildman–Crippen MR) is 234 cm³/mol. The first kappa shape index (κ1) is 40.2. The third kappa shape index (κ3) is 9.04. The van der Waals surface area contributed by atoms with Gasteiger partial charge in [-0.15, -0.1) is 0 Å². The van der Waals surface area contributed by atoms with Gasteiger partial charge in [0.05, 0.1) is 16.4 Å². The van der Waals surface area contributed by atoms with E-state index >= 15 is 0 Å². The molecule has 0 aliphatic carbocycles. The molecule has 0 aliphatic heterocycles. The fraction of sp³-hybridized carbons (Fsp3) is 0.400. The SMILES string of the molecule is CC(C)(C)c1cccc(N(c2cccc(C(C)(C)C)c2)c2cc(C(C)(C)C)cc(N(c3cccc(C(C)(C)C)c3)c3cccc(C(C)(C)C)c3)c2Cl)c1. The second-order valence-electron chi connectivity index (χ2n) is 20.0. The Morgan fingerprint density at radius 1 is 0.321 bits per heavy atom. The van der Waals surface area contributed by atoms with E-state index in [0.29, 0.717) is 5.02 Å². The van der Waals surface area contributed by atoms with E-state index in [-0.39, 0.29) is 27.1 Å². The number of benzene rings is 5. The van der Waals surface area contributed by atoms with Gasteiger partial charge in [0, 0.05) is 22.7 Å². The number of hydrogen-bond donors (Lipinski definition) is 0. The number of anilines is 6. The van der Waals surface area contributed by atoms with Crippen molar-refractivity contribution in [2.45, 2.75) is 131 Å². The van der Waals surface area contributed by atoms with E-state index in [2.05, 4.69) is 223 Å². The minimum Gasteiger partial charge on any atom is -0.309 e. The van der Waals surface area contributed by atoms with Crippen molar-refractivity contribution in [3.8, 4) is 0 Å². The maximum Gasteiger partial charge on any atom is 0.0887 e. The molecule has 2 nitrogen and oxygen atoms in total. The van der Waals surface area contributed by atoms with Crippen molar-refractivity contribution in [3.05, 3.63) is 142 Å². The number of halogens is 1. The average Bonchev–Trinajstić information content (AvgIpc) is 3.05. The highest BCUT2D eigenvalue weighted by Crippen LogP contribution is 2.50. The molecule has 5 aromatic rings. The van der Waals surface area contributed by atoms with E-state index in [4.69, 9.17) is 11.6 Å². The smallest absolute Gasteiger partial charge is 0.0887 e. The largest absolute Gasteiger partial charge is 0.309 e. The topological polar surface area (TPSA) is 6.48 Å². The van der Waals surface area contributed by atoms with Crippen LogP contribution in [0.15, 0.2) is 109 Å².